The highest BCUT2D eigenvalue weighted by molar-refractivity contribution is 6.11. The van der Waals surface area contributed by atoms with Gasteiger partial charge in [-0.1, -0.05) is 23.7 Å². The highest BCUT2D eigenvalue weighted by Gasteiger charge is 2.12. The molecule has 94 valence electrons. The van der Waals surface area contributed by atoms with E-state index in [1.165, 1.54) is 0 Å². The fraction of sp³-hybridized carbons (Fsp3) is 0. The lowest BCUT2D eigenvalue weighted by molar-refractivity contribution is 1.51. The van der Waals surface area contributed by atoms with Crippen LogP contribution in [0.2, 0.25) is 0 Å². The van der Waals surface area contributed by atoms with Crippen LogP contribution in [-0.2, 0) is 0 Å². The van der Waals surface area contributed by atoms with Gasteiger partial charge in [0.05, 0.1) is 11.0 Å². The predicted octanol–water partition coefficient (Wildman–Crippen LogP) is 3.25. The Hall–Kier alpha value is -3.52. The fourth-order valence-corrected chi connectivity index (χ4v) is 2.50. The molecular weight excluding hydrogens is 254 g/mol. The van der Waals surface area contributed by atoms with Crippen LogP contribution < -0.4 is 0 Å². The molecule has 0 radical (unpaired) electrons. The number of terminal acetylenes is 4. The molecule has 1 heteroatoms. The lowest BCUT2D eigenvalue weighted by Crippen LogP contribution is -1.81. The van der Waals surface area contributed by atoms with E-state index in [-0.39, 0.29) is 0 Å². The van der Waals surface area contributed by atoms with Gasteiger partial charge in [-0.15, -0.1) is 25.7 Å². The zero-order valence-corrected chi connectivity index (χ0v) is 11.1. The molecule has 0 aliphatic carbocycles. The minimum absolute atomic E-state index is 0.710. The summed E-state index contributed by atoms with van der Waals surface area (Å²) in [6, 6.07) is 7.43. The molecule has 0 aliphatic rings. The van der Waals surface area contributed by atoms with Gasteiger partial charge in [-0.05, 0) is 24.3 Å². The van der Waals surface area contributed by atoms with E-state index in [4.69, 9.17) is 25.7 Å². The van der Waals surface area contributed by atoms with E-state index < -0.39 is 0 Å². The number of hydrogen-bond acceptors (Lipinski definition) is 0. The molecule has 3 aromatic rings. The Labute approximate surface area is 123 Å². The van der Waals surface area contributed by atoms with Crippen LogP contribution in [0.4, 0.5) is 0 Å². The van der Waals surface area contributed by atoms with Crippen LogP contribution in [0.5, 0.6) is 0 Å². The largest absolute Gasteiger partial charge is 0.352 e. The smallest absolute Gasteiger partial charge is 0.0625 e. The number of aromatic amines is 1. The molecule has 0 saturated heterocycles. The zero-order valence-electron chi connectivity index (χ0n) is 11.1. The number of H-pyrrole nitrogens is 1. The Morgan fingerprint density at radius 1 is 0.619 bits per heavy atom. The van der Waals surface area contributed by atoms with Crippen LogP contribution >= 0.6 is 0 Å². The standard InChI is InChI=1S/C20H9N/c1-5-13-9-15(7-3)19-17(11-13)18-12-14(6-2)10-16(8-4)20(18)21-19/h1-4,9-12,21H. The molecule has 0 bridgehead atoms. The number of nitrogens with one attached hydrogen (secondary N) is 1. The number of aromatic nitrogens is 1. The summed E-state index contributed by atoms with van der Waals surface area (Å²) in [5.41, 5.74) is 4.56. The van der Waals surface area contributed by atoms with Crippen LogP contribution in [0.3, 0.4) is 0 Å². The van der Waals surface area contributed by atoms with E-state index in [0.717, 1.165) is 32.9 Å². The first-order chi connectivity index (χ1) is 10.2. The lowest BCUT2D eigenvalue weighted by Gasteiger charge is -1.99. The van der Waals surface area contributed by atoms with Crippen LogP contribution in [0.15, 0.2) is 24.3 Å². The molecule has 1 nitrogen and oxygen atoms in total. The summed E-state index contributed by atoms with van der Waals surface area (Å²) in [7, 11) is 0. The summed E-state index contributed by atoms with van der Waals surface area (Å²) < 4.78 is 0. The molecule has 0 amide bonds. The summed E-state index contributed by atoms with van der Waals surface area (Å²) in [5, 5.41) is 1.86. The fourth-order valence-electron chi connectivity index (χ4n) is 2.50. The van der Waals surface area contributed by atoms with Crippen LogP contribution in [0.1, 0.15) is 22.3 Å². The molecule has 0 unspecified atom stereocenters. The summed E-state index contributed by atoms with van der Waals surface area (Å²) in [6.45, 7) is 0. The highest BCUT2D eigenvalue weighted by atomic mass is 14.7. The SMILES string of the molecule is C#Cc1cc(C#C)c2[nH]c3c(C#C)cc(C#C)cc3c2c1. The van der Waals surface area contributed by atoms with E-state index >= 15 is 0 Å². The molecule has 3 rings (SSSR count). The zero-order chi connectivity index (χ0) is 15.0. The first kappa shape index (κ1) is 12.5. The van der Waals surface area contributed by atoms with Crippen LogP contribution in [-0.4, -0.2) is 4.98 Å². The molecule has 21 heavy (non-hydrogen) atoms. The van der Waals surface area contributed by atoms with Crippen LogP contribution in [0.25, 0.3) is 21.8 Å². The average molecular weight is 263 g/mol. The van der Waals surface area contributed by atoms with E-state index in [1.54, 1.807) is 12.1 Å². The minimum atomic E-state index is 0.710. The molecule has 1 N–H and O–H groups in total. The van der Waals surface area contributed by atoms with Crippen molar-refractivity contribution in [2.75, 3.05) is 0 Å². The highest BCUT2D eigenvalue weighted by Crippen LogP contribution is 2.31. The molecule has 0 atom stereocenters. The second-order valence-electron chi connectivity index (χ2n) is 4.60. The van der Waals surface area contributed by atoms with E-state index in [2.05, 4.69) is 28.7 Å². The van der Waals surface area contributed by atoms with Gasteiger partial charge in [-0.3, -0.25) is 0 Å². The third kappa shape index (κ3) is 1.75. The molecule has 2 aromatic carbocycles. The van der Waals surface area contributed by atoms with Crippen molar-refractivity contribution in [2.45, 2.75) is 0 Å². The number of hydrogen-bond donors (Lipinski definition) is 1. The van der Waals surface area contributed by atoms with Gasteiger partial charge < -0.3 is 4.98 Å². The molecule has 0 spiro atoms. The number of fused-ring (bicyclic) bond motifs is 3. The molecular formula is C20H9N. The summed E-state index contributed by atoms with van der Waals surface area (Å²) in [4.78, 5) is 3.30. The van der Waals surface area contributed by atoms with Crippen molar-refractivity contribution in [3.05, 3.63) is 46.5 Å². The summed E-state index contributed by atoms with van der Waals surface area (Å²) in [6.07, 6.45) is 22.1. The van der Waals surface area contributed by atoms with Gasteiger partial charge in [0.25, 0.3) is 0 Å². The lowest BCUT2D eigenvalue weighted by atomic mass is 10.0. The van der Waals surface area contributed by atoms with Gasteiger partial charge in [0.2, 0.25) is 0 Å². The van der Waals surface area contributed by atoms with Crippen molar-refractivity contribution in [1.82, 2.24) is 4.98 Å². The Morgan fingerprint density at radius 2 is 1.05 bits per heavy atom. The number of benzene rings is 2. The molecule has 1 heterocycles. The Kier molecular flexibility index (Phi) is 2.71. The molecule has 0 saturated carbocycles. The molecule has 0 fully saturated rings. The maximum absolute atomic E-state index is 5.58. The Morgan fingerprint density at radius 3 is 1.38 bits per heavy atom. The van der Waals surface area contributed by atoms with Gasteiger partial charge in [0.1, 0.15) is 0 Å². The van der Waals surface area contributed by atoms with Crippen molar-refractivity contribution < 1.29 is 0 Å². The third-order valence-electron chi connectivity index (χ3n) is 3.46. The Balaban J connectivity index is 2.61. The first-order valence-electron chi connectivity index (χ1n) is 6.21. The quantitative estimate of drug-likeness (QED) is 0.599. The van der Waals surface area contributed by atoms with Crippen molar-refractivity contribution in [3.63, 3.8) is 0 Å². The predicted molar refractivity (Wildman–Crippen MR) is 87.5 cm³/mol. The van der Waals surface area contributed by atoms with Gasteiger partial charge in [0, 0.05) is 33.0 Å². The van der Waals surface area contributed by atoms with E-state index in [9.17, 15) is 0 Å². The van der Waals surface area contributed by atoms with Crippen molar-refractivity contribution >= 4 is 21.8 Å². The van der Waals surface area contributed by atoms with Crippen LogP contribution in [0, 0.1) is 49.4 Å². The minimum Gasteiger partial charge on any atom is -0.352 e. The summed E-state index contributed by atoms with van der Waals surface area (Å²) >= 11 is 0. The second kappa shape index (κ2) is 4.54. The maximum atomic E-state index is 5.58. The second-order valence-corrected chi connectivity index (χ2v) is 4.60. The van der Waals surface area contributed by atoms with Gasteiger partial charge in [-0.25, -0.2) is 0 Å². The normalized spacial score (nSPS) is 9.71. The monoisotopic (exact) mass is 263 g/mol. The third-order valence-corrected chi connectivity index (χ3v) is 3.46. The molecule has 0 aliphatic heterocycles. The number of rotatable bonds is 0. The van der Waals surface area contributed by atoms with E-state index in [1.807, 2.05) is 12.1 Å². The van der Waals surface area contributed by atoms with Gasteiger partial charge in [0.15, 0.2) is 0 Å². The van der Waals surface area contributed by atoms with Gasteiger partial charge in [-0.2, -0.15) is 0 Å². The van der Waals surface area contributed by atoms with Crippen molar-refractivity contribution in [1.29, 1.82) is 0 Å². The maximum Gasteiger partial charge on any atom is 0.0625 e. The molecule has 1 aromatic heterocycles. The summed E-state index contributed by atoms with van der Waals surface area (Å²) in [5.74, 6) is 10.5. The Bertz CT molecular complexity index is 978. The van der Waals surface area contributed by atoms with Gasteiger partial charge >= 0.3 is 0 Å². The first-order valence-corrected chi connectivity index (χ1v) is 6.21. The topological polar surface area (TPSA) is 15.8 Å². The average Bonchev–Trinajstić information content (AvgIpc) is 2.91. The van der Waals surface area contributed by atoms with E-state index in [0.29, 0.717) is 11.1 Å². The van der Waals surface area contributed by atoms with Crippen molar-refractivity contribution in [3.8, 4) is 49.4 Å². The van der Waals surface area contributed by atoms with Crippen molar-refractivity contribution in [2.24, 2.45) is 0 Å².